The topological polar surface area (TPSA) is 61.9 Å². The molecule has 0 bridgehead atoms. The van der Waals surface area contributed by atoms with Gasteiger partial charge in [0.05, 0.1) is 0 Å². The van der Waals surface area contributed by atoms with Gasteiger partial charge in [0.2, 0.25) is 0 Å². The molecule has 6 heteroatoms. The highest BCUT2D eigenvalue weighted by Gasteiger charge is 2.27. The van der Waals surface area contributed by atoms with Crippen LogP contribution in [-0.2, 0) is 4.74 Å². The smallest absolute Gasteiger partial charge is 0.410 e. The van der Waals surface area contributed by atoms with Crippen LogP contribution in [-0.4, -0.2) is 54.2 Å². The number of anilines is 1. The van der Waals surface area contributed by atoms with Crippen molar-refractivity contribution < 1.29 is 14.3 Å². The van der Waals surface area contributed by atoms with E-state index in [0.717, 1.165) is 18.4 Å². The van der Waals surface area contributed by atoms with E-state index in [4.69, 9.17) is 11.2 Å². The maximum Gasteiger partial charge on any atom is 0.410 e. The van der Waals surface area contributed by atoms with Gasteiger partial charge in [-0.25, -0.2) is 9.59 Å². The first-order valence-electron chi connectivity index (χ1n) is 9.24. The summed E-state index contributed by atoms with van der Waals surface area (Å²) in [5.74, 6) is 2.78. The molecule has 1 heterocycles. The second kappa shape index (κ2) is 8.81. The molecule has 2 rings (SSSR count). The van der Waals surface area contributed by atoms with Crippen molar-refractivity contribution in [2.24, 2.45) is 5.92 Å². The highest BCUT2D eigenvalue weighted by molar-refractivity contribution is 5.89. The van der Waals surface area contributed by atoms with E-state index in [-0.39, 0.29) is 18.0 Å². The third-order valence-corrected chi connectivity index (χ3v) is 4.32. The molecule has 0 radical (unpaired) electrons. The lowest BCUT2D eigenvalue weighted by Gasteiger charge is -2.35. The summed E-state index contributed by atoms with van der Waals surface area (Å²) in [4.78, 5) is 28.1. The number of terminal acetylenes is 1. The molecule has 146 valence electrons. The zero-order valence-electron chi connectivity index (χ0n) is 16.6. The van der Waals surface area contributed by atoms with Crippen molar-refractivity contribution >= 4 is 17.8 Å². The molecule has 0 saturated carbocycles. The second-order valence-electron chi connectivity index (χ2n) is 7.97. The molecule has 0 aliphatic carbocycles. The van der Waals surface area contributed by atoms with Gasteiger partial charge in [0.1, 0.15) is 5.60 Å². The molecular weight excluding hydrogens is 342 g/mol. The third kappa shape index (κ3) is 6.52. The molecule has 0 aromatic heterocycles. The maximum absolute atomic E-state index is 12.6. The van der Waals surface area contributed by atoms with Crippen molar-refractivity contribution in [2.45, 2.75) is 39.2 Å². The van der Waals surface area contributed by atoms with E-state index in [1.54, 1.807) is 22.9 Å². The van der Waals surface area contributed by atoms with Gasteiger partial charge < -0.3 is 19.9 Å². The van der Waals surface area contributed by atoms with Gasteiger partial charge in [0, 0.05) is 37.9 Å². The van der Waals surface area contributed by atoms with E-state index in [1.807, 2.05) is 39.0 Å². The molecule has 1 aromatic carbocycles. The van der Waals surface area contributed by atoms with Crippen LogP contribution in [0, 0.1) is 18.3 Å². The first-order chi connectivity index (χ1) is 12.7. The minimum absolute atomic E-state index is 0.145. The zero-order chi connectivity index (χ0) is 20.0. The van der Waals surface area contributed by atoms with E-state index < -0.39 is 5.60 Å². The summed E-state index contributed by atoms with van der Waals surface area (Å²) in [5, 5.41) is 2.90. The van der Waals surface area contributed by atoms with E-state index in [1.165, 1.54) is 0 Å². The molecule has 1 N–H and O–H groups in total. The Kier molecular flexibility index (Phi) is 6.73. The number of rotatable bonds is 3. The number of likely N-dealkylation sites (tertiary alicyclic amines) is 1. The summed E-state index contributed by atoms with van der Waals surface area (Å²) in [7, 11) is 1.73. The van der Waals surface area contributed by atoms with Crippen molar-refractivity contribution in [3.8, 4) is 12.3 Å². The SMILES string of the molecule is C#Cc1cccc(NC(=O)N2CCC[C@H](CN(C)C(=O)OC(C)(C)C)C2)c1. The monoisotopic (exact) mass is 371 g/mol. The van der Waals surface area contributed by atoms with Gasteiger partial charge in [0.15, 0.2) is 0 Å². The number of hydrogen-bond donors (Lipinski definition) is 1. The van der Waals surface area contributed by atoms with Gasteiger partial charge in [0.25, 0.3) is 0 Å². The molecule has 27 heavy (non-hydrogen) atoms. The zero-order valence-corrected chi connectivity index (χ0v) is 16.6. The van der Waals surface area contributed by atoms with Crippen LogP contribution < -0.4 is 5.32 Å². The van der Waals surface area contributed by atoms with E-state index >= 15 is 0 Å². The van der Waals surface area contributed by atoms with Crippen molar-refractivity contribution in [2.75, 3.05) is 32.0 Å². The molecule has 1 aromatic rings. The van der Waals surface area contributed by atoms with Crippen LogP contribution in [0.15, 0.2) is 24.3 Å². The van der Waals surface area contributed by atoms with Crippen LogP contribution in [0.2, 0.25) is 0 Å². The quantitative estimate of drug-likeness (QED) is 0.823. The molecule has 3 amide bonds. The van der Waals surface area contributed by atoms with Crippen LogP contribution in [0.25, 0.3) is 0 Å². The summed E-state index contributed by atoms with van der Waals surface area (Å²) in [5.41, 5.74) is 0.892. The normalized spacial score (nSPS) is 17.0. The average Bonchev–Trinajstić information content (AvgIpc) is 2.60. The molecule has 1 saturated heterocycles. The summed E-state index contributed by atoms with van der Waals surface area (Å²) in [6, 6.07) is 7.08. The lowest BCUT2D eigenvalue weighted by Crippen LogP contribution is -2.46. The summed E-state index contributed by atoms with van der Waals surface area (Å²) in [6.07, 6.45) is 6.95. The van der Waals surface area contributed by atoms with Gasteiger partial charge in [-0.15, -0.1) is 6.42 Å². The Morgan fingerprint density at radius 1 is 1.41 bits per heavy atom. The van der Waals surface area contributed by atoms with Gasteiger partial charge in [-0.2, -0.15) is 0 Å². The molecule has 1 aliphatic heterocycles. The van der Waals surface area contributed by atoms with Crippen LogP contribution >= 0.6 is 0 Å². The van der Waals surface area contributed by atoms with Crippen LogP contribution in [0.4, 0.5) is 15.3 Å². The Hall–Kier alpha value is -2.68. The van der Waals surface area contributed by atoms with E-state index in [2.05, 4.69) is 11.2 Å². The number of ether oxygens (including phenoxy) is 1. The average molecular weight is 371 g/mol. The Morgan fingerprint density at radius 2 is 2.15 bits per heavy atom. The number of amides is 3. The molecule has 6 nitrogen and oxygen atoms in total. The molecule has 0 spiro atoms. The van der Waals surface area contributed by atoms with Gasteiger partial charge >= 0.3 is 12.1 Å². The standard InChI is InChI=1S/C21H29N3O3/c1-6-16-9-7-11-18(13-16)22-19(25)24-12-8-10-17(15-24)14-23(5)20(26)27-21(2,3)4/h1,7,9,11,13,17H,8,10,12,14-15H2,2-5H3,(H,22,25)/t17-/m1/s1. The Balaban J connectivity index is 1.90. The van der Waals surface area contributed by atoms with Crippen molar-refractivity contribution in [3.05, 3.63) is 29.8 Å². The van der Waals surface area contributed by atoms with Gasteiger partial charge in [-0.3, -0.25) is 0 Å². The van der Waals surface area contributed by atoms with E-state index in [9.17, 15) is 9.59 Å². The number of piperidine rings is 1. The summed E-state index contributed by atoms with van der Waals surface area (Å²) >= 11 is 0. The fourth-order valence-electron chi connectivity index (χ4n) is 3.09. The van der Waals surface area contributed by atoms with E-state index in [0.29, 0.717) is 25.3 Å². The van der Waals surface area contributed by atoms with Crippen molar-refractivity contribution in [1.29, 1.82) is 0 Å². The first-order valence-corrected chi connectivity index (χ1v) is 9.24. The highest BCUT2D eigenvalue weighted by atomic mass is 16.6. The number of nitrogens with one attached hydrogen (secondary N) is 1. The molecule has 1 aliphatic rings. The number of carbonyl (C=O) groups excluding carboxylic acids is 2. The van der Waals surface area contributed by atoms with Gasteiger partial charge in [-0.1, -0.05) is 12.0 Å². The third-order valence-electron chi connectivity index (χ3n) is 4.32. The lowest BCUT2D eigenvalue weighted by atomic mass is 9.98. The fourth-order valence-corrected chi connectivity index (χ4v) is 3.09. The number of carbonyl (C=O) groups is 2. The van der Waals surface area contributed by atoms with Crippen LogP contribution in [0.5, 0.6) is 0 Å². The first kappa shape index (κ1) is 20.6. The molecule has 0 unspecified atom stereocenters. The molecular formula is C21H29N3O3. The number of hydrogen-bond acceptors (Lipinski definition) is 3. The predicted molar refractivity (Wildman–Crippen MR) is 107 cm³/mol. The van der Waals surface area contributed by atoms with Crippen LogP contribution in [0.3, 0.4) is 0 Å². The Labute approximate surface area is 161 Å². The number of benzene rings is 1. The summed E-state index contributed by atoms with van der Waals surface area (Å²) < 4.78 is 5.39. The largest absolute Gasteiger partial charge is 0.444 e. The molecule has 1 atom stereocenters. The molecule has 1 fully saturated rings. The second-order valence-corrected chi connectivity index (χ2v) is 7.97. The minimum Gasteiger partial charge on any atom is -0.444 e. The Morgan fingerprint density at radius 3 is 2.81 bits per heavy atom. The highest BCUT2D eigenvalue weighted by Crippen LogP contribution is 2.20. The fraction of sp³-hybridized carbons (Fsp3) is 0.524. The lowest BCUT2D eigenvalue weighted by molar-refractivity contribution is 0.0253. The Bertz CT molecular complexity index is 718. The van der Waals surface area contributed by atoms with Crippen molar-refractivity contribution in [1.82, 2.24) is 9.80 Å². The van der Waals surface area contributed by atoms with Gasteiger partial charge in [-0.05, 0) is 57.7 Å². The predicted octanol–water partition coefficient (Wildman–Crippen LogP) is 3.78. The maximum atomic E-state index is 12.6. The number of urea groups is 1. The van der Waals surface area contributed by atoms with Crippen molar-refractivity contribution in [3.63, 3.8) is 0 Å². The minimum atomic E-state index is -0.517. The van der Waals surface area contributed by atoms with Crippen LogP contribution in [0.1, 0.15) is 39.2 Å². The summed E-state index contributed by atoms with van der Waals surface area (Å²) in [6.45, 7) is 7.41. The number of nitrogens with zero attached hydrogens (tertiary/aromatic N) is 2.